The third kappa shape index (κ3) is 4.45. The number of piperazine rings is 1. The number of piperidine rings is 1. The fourth-order valence-corrected chi connectivity index (χ4v) is 4.80. The summed E-state index contributed by atoms with van der Waals surface area (Å²) in [6, 6.07) is 14.3. The van der Waals surface area contributed by atoms with Gasteiger partial charge in [-0.15, -0.1) is 11.3 Å². The van der Waals surface area contributed by atoms with Crippen molar-refractivity contribution in [3.63, 3.8) is 0 Å². The van der Waals surface area contributed by atoms with Crippen LogP contribution in [0, 0.1) is 5.92 Å². The third-order valence-corrected chi connectivity index (χ3v) is 6.65. The first-order chi connectivity index (χ1) is 13.7. The topological polar surface area (TPSA) is 43.9 Å². The number of carbonyl (C=O) groups is 2. The van der Waals surface area contributed by atoms with Gasteiger partial charge in [0.05, 0.1) is 4.88 Å². The zero-order valence-electron chi connectivity index (χ0n) is 16.1. The Kier molecular flexibility index (Phi) is 6.07. The summed E-state index contributed by atoms with van der Waals surface area (Å²) in [5.74, 6) is 0.450. The lowest BCUT2D eigenvalue weighted by molar-refractivity contribution is -0.138. The first kappa shape index (κ1) is 19.2. The van der Waals surface area contributed by atoms with Gasteiger partial charge in [0, 0.05) is 51.7 Å². The minimum atomic E-state index is 0.0630. The van der Waals surface area contributed by atoms with Crippen LogP contribution in [0.4, 0.5) is 0 Å². The number of nitrogens with zero attached hydrogens (tertiary/aromatic N) is 3. The van der Waals surface area contributed by atoms with Crippen molar-refractivity contribution in [2.75, 3.05) is 39.3 Å². The Balaban J connectivity index is 1.23. The van der Waals surface area contributed by atoms with Crippen molar-refractivity contribution in [2.24, 2.45) is 5.92 Å². The van der Waals surface area contributed by atoms with Gasteiger partial charge in [-0.25, -0.2) is 0 Å². The summed E-state index contributed by atoms with van der Waals surface area (Å²) in [7, 11) is 0. The van der Waals surface area contributed by atoms with E-state index in [9.17, 15) is 9.59 Å². The maximum absolute atomic E-state index is 12.9. The predicted octanol–water partition coefficient (Wildman–Crippen LogP) is 2.94. The Morgan fingerprint density at radius 2 is 1.57 bits per heavy atom. The Bertz CT molecular complexity index is 777. The van der Waals surface area contributed by atoms with Gasteiger partial charge in [-0.2, -0.15) is 0 Å². The van der Waals surface area contributed by atoms with Crippen molar-refractivity contribution in [3.05, 3.63) is 58.3 Å². The summed E-state index contributed by atoms with van der Waals surface area (Å²) in [6.45, 7) is 5.78. The third-order valence-electron chi connectivity index (χ3n) is 5.80. The molecule has 0 N–H and O–H groups in total. The van der Waals surface area contributed by atoms with Crippen molar-refractivity contribution in [1.82, 2.24) is 14.7 Å². The average Bonchev–Trinajstić information content (AvgIpc) is 3.29. The van der Waals surface area contributed by atoms with Crippen molar-refractivity contribution in [2.45, 2.75) is 19.4 Å². The molecule has 2 amide bonds. The van der Waals surface area contributed by atoms with Crippen LogP contribution in [0.5, 0.6) is 0 Å². The molecule has 0 saturated carbocycles. The highest BCUT2D eigenvalue weighted by atomic mass is 32.1. The number of carbonyl (C=O) groups excluding carboxylic acids is 2. The number of amides is 2. The second-order valence-corrected chi connectivity index (χ2v) is 8.58. The van der Waals surface area contributed by atoms with E-state index < -0.39 is 0 Å². The van der Waals surface area contributed by atoms with Crippen molar-refractivity contribution in [1.29, 1.82) is 0 Å². The lowest BCUT2D eigenvalue weighted by Gasteiger charge is -2.38. The Morgan fingerprint density at radius 3 is 2.21 bits per heavy atom. The van der Waals surface area contributed by atoms with Gasteiger partial charge >= 0.3 is 0 Å². The van der Waals surface area contributed by atoms with Gasteiger partial charge in [-0.3, -0.25) is 14.5 Å². The van der Waals surface area contributed by atoms with E-state index in [0.29, 0.717) is 13.1 Å². The average molecular weight is 398 g/mol. The summed E-state index contributed by atoms with van der Waals surface area (Å²) in [5.41, 5.74) is 1.32. The van der Waals surface area contributed by atoms with E-state index in [4.69, 9.17) is 0 Å². The van der Waals surface area contributed by atoms with Gasteiger partial charge in [-0.1, -0.05) is 36.4 Å². The standard InChI is InChI=1S/C22H27N3O2S/c26-21(19-8-10-24(11-9-19)22(27)20-7-4-16-28-20)25-14-12-23(13-15-25)17-18-5-2-1-3-6-18/h1-7,16,19H,8-15,17H2. The van der Waals surface area contributed by atoms with Crippen molar-refractivity contribution >= 4 is 23.2 Å². The summed E-state index contributed by atoms with van der Waals surface area (Å²) >= 11 is 1.48. The molecule has 1 aromatic carbocycles. The summed E-state index contributed by atoms with van der Waals surface area (Å²) in [6.07, 6.45) is 1.56. The molecule has 4 rings (SSSR count). The van der Waals surface area contributed by atoms with E-state index in [-0.39, 0.29) is 17.7 Å². The Hall–Kier alpha value is -2.18. The molecule has 2 aliphatic heterocycles. The maximum Gasteiger partial charge on any atom is 0.263 e. The van der Waals surface area contributed by atoms with E-state index in [1.807, 2.05) is 33.4 Å². The maximum atomic E-state index is 12.9. The molecule has 1 aromatic heterocycles. The SMILES string of the molecule is O=C(c1cccs1)N1CCC(C(=O)N2CCN(Cc3ccccc3)CC2)CC1. The molecule has 0 aliphatic carbocycles. The minimum Gasteiger partial charge on any atom is -0.340 e. The van der Waals surface area contributed by atoms with Gasteiger partial charge < -0.3 is 9.80 Å². The van der Waals surface area contributed by atoms with E-state index in [1.54, 1.807) is 0 Å². The highest BCUT2D eigenvalue weighted by molar-refractivity contribution is 7.12. The molecule has 0 unspecified atom stereocenters. The van der Waals surface area contributed by atoms with Crippen molar-refractivity contribution in [3.8, 4) is 0 Å². The predicted molar refractivity (Wildman–Crippen MR) is 111 cm³/mol. The fraction of sp³-hybridized carbons (Fsp3) is 0.455. The van der Waals surface area contributed by atoms with Crippen molar-refractivity contribution < 1.29 is 9.59 Å². The van der Waals surface area contributed by atoms with Crippen LogP contribution in [-0.4, -0.2) is 65.8 Å². The molecule has 6 heteroatoms. The fourth-order valence-electron chi connectivity index (χ4n) is 4.11. The summed E-state index contributed by atoms with van der Waals surface area (Å²) < 4.78 is 0. The van der Waals surface area contributed by atoms with Crippen LogP contribution in [-0.2, 0) is 11.3 Å². The van der Waals surface area contributed by atoms with Crippen LogP contribution in [0.1, 0.15) is 28.1 Å². The van der Waals surface area contributed by atoms with Gasteiger partial charge in [0.1, 0.15) is 0 Å². The molecule has 2 fully saturated rings. The normalized spacial score (nSPS) is 19.0. The molecule has 148 valence electrons. The number of rotatable bonds is 4. The largest absolute Gasteiger partial charge is 0.340 e. The van der Waals surface area contributed by atoms with Gasteiger partial charge in [0.25, 0.3) is 5.91 Å². The number of hydrogen-bond donors (Lipinski definition) is 0. The van der Waals surface area contributed by atoms with E-state index in [2.05, 4.69) is 29.2 Å². The van der Waals surface area contributed by atoms with Crippen LogP contribution < -0.4 is 0 Å². The van der Waals surface area contributed by atoms with Gasteiger partial charge in [0.15, 0.2) is 0 Å². The Morgan fingerprint density at radius 1 is 0.857 bits per heavy atom. The Labute approximate surface area is 170 Å². The molecule has 2 aromatic rings. The molecule has 0 radical (unpaired) electrons. The molecular formula is C22H27N3O2S. The number of benzene rings is 1. The lowest BCUT2D eigenvalue weighted by atomic mass is 9.94. The summed E-state index contributed by atoms with van der Waals surface area (Å²) in [5, 5.41) is 1.93. The van der Waals surface area contributed by atoms with Gasteiger partial charge in [-0.05, 0) is 29.9 Å². The highest BCUT2D eigenvalue weighted by Crippen LogP contribution is 2.23. The molecule has 0 atom stereocenters. The van der Waals surface area contributed by atoms with Gasteiger partial charge in [0.2, 0.25) is 5.91 Å². The molecule has 5 nitrogen and oxygen atoms in total. The minimum absolute atomic E-state index is 0.0630. The first-order valence-electron chi connectivity index (χ1n) is 10.1. The molecule has 0 bridgehead atoms. The van der Waals surface area contributed by atoms with Crippen LogP contribution in [0.3, 0.4) is 0 Å². The molecule has 28 heavy (non-hydrogen) atoms. The smallest absolute Gasteiger partial charge is 0.263 e. The zero-order valence-corrected chi connectivity index (χ0v) is 16.9. The highest BCUT2D eigenvalue weighted by Gasteiger charge is 2.32. The number of likely N-dealkylation sites (tertiary alicyclic amines) is 1. The quantitative estimate of drug-likeness (QED) is 0.797. The molecule has 2 saturated heterocycles. The number of hydrogen-bond acceptors (Lipinski definition) is 4. The molecular weight excluding hydrogens is 370 g/mol. The first-order valence-corrected chi connectivity index (χ1v) is 11.0. The second-order valence-electron chi connectivity index (χ2n) is 7.63. The summed E-state index contributed by atoms with van der Waals surface area (Å²) in [4.78, 5) is 32.5. The molecule has 3 heterocycles. The van der Waals surface area contributed by atoms with E-state index in [0.717, 1.165) is 50.4 Å². The van der Waals surface area contributed by atoms with E-state index >= 15 is 0 Å². The second kappa shape index (κ2) is 8.88. The lowest BCUT2D eigenvalue weighted by Crippen LogP contribution is -2.51. The monoisotopic (exact) mass is 397 g/mol. The van der Waals surface area contributed by atoms with E-state index in [1.165, 1.54) is 16.9 Å². The van der Waals surface area contributed by atoms with Crippen LogP contribution in [0.25, 0.3) is 0 Å². The van der Waals surface area contributed by atoms with Crippen LogP contribution in [0.2, 0.25) is 0 Å². The molecule has 2 aliphatic rings. The zero-order chi connectivity index (χ0) is 19.3. The van der Waals surface area contributed by atoms with Crippen LogP contribution in [0.15, 0.2) is 47.8 Å². The van der Waals surface area contributed by atoms with Crippen LogP contribution >= 0.6 is 11.3 Å². The molecule has 0 spiro atoms. The number of thiophene rings is 1.